The molecule has 198 valence electrons. The Labute approximate surface area is 210 Å². The lowest BCUT2D eigenvalue weighted by molar-refractivity contribution is -0.170. The van der Waals surface area contributed by atoms with Crippen molar-refractivity contribution in [2.45, 2.75) is 31.6 Å². The van der Waals surface area contributed by atoms with E-state index >= 15 is 0 Å². The van der Waals surface area contributed by atoms with Crippen LogP contribution in [0.25, 0.3) is 0 Å². The van der Waals surface area contributed by atoms with E-state index in [0.29, 0.717) is 0 Å². The summed E-state index contributed by atoms with van der Waals surface area (Å²) in [5, 5.41) is 35.2. The second-order valence-corrected chi connectivity index (χ2v) is 8.28. The monoisotopic (exact) mass is 528 g/mol. The Hall–Kier alpha value is -3.73. The highest BCUT2D eigenvalue weighted by molar-refractivity contribution is 8.00. The Morgan fingerprint density at radius 1 is 0.722 bits per heavy atom. The minimum Gasteiger partial charge on any atom is -0.336 e. The van der Waals surface area contributed by atoms with Crippen molar-refractivity contribution in [1.29, 1.82) is 0 Å². The zero-order valence-corrected chi connectivity index (χ0v) is 20.4. The molecule has 0 saturated carbocycles. The van der Waals surface area contributed by atoms with Crippen LogP contribution in [-0.2, 0) is 28.8 Å². The highest BCUT2D eigenvalue weighted by atomic mass is 32.2. The normalized spacial score (nSPS) is 10.1. The fourth-order valence-corrected chi connectivity index (χ4v) is 2.92. The molecule has 0 aliphatic heterocycles. The summed E-state index contributed by atoms with van der Waals surface area (Å²) in [4.78, 5) is 70.6. The Bertz CT molecular complexity index is 960. The van der Waals surface area contributed by atoms with Gasteiger partial charge in [0.25, 0.3) is 11.8 Å². The molecular weight excluding hydrogens is 500 g/mol. The second kappa shape index (κ2) is 15.3. The lowest BCUT2D eigenvalue weighted by Gasteiger charge is -2.18. The van der Waals surface area contributed by atoms with Gasteiger partial charge in [-0.15, -0.1) is 11.8 Å². The maximum absolute atomic E-state index is 11.9. The fraction of sp³-hybridized carbons (Fsp3) is 0.400. The predicted octanol–water partition coefficient (Wildman–Crippen LogP) is -1.24. The van der Waals surface area contributed by atoms with Gasteiger partial charge in [-0.2, -0.15) is 0 Å². The molecule has 0 atom stereocenters. The maximum atomic E-state index is 11.9. The molecule has 16 heteroatoms. The van der Waals surface area contributed by atoms with Crippen LogP contribution in [0.4, 0.5) is 0 Å². The van der Waals surface area contributed by atoms with E-state index in [-0.39, 0.29) is 20.9 Å². The molecule has 0 heterocycles. The highest BCUT2D eigenvalue weighted by Crippen LogP contribution is 2.17. The predicted molar refractivity (Wildman–Crippen MR) is 122 cm³/mol. The van der Waals surface area contributed by atoms with Crippen molar-refractivity contribution in [2.75, 3.05) is 25.8 Å². The van der Waals surface area contributed by atoms with Crippen LogP contribution in [0.15, 0.2) is 29.2 Å². The number of aryl methyl sites for hydroxylation is 1. The zero-order chi connectivity index (χ0) is 27.3. The molecule has 36 heavy (non-hydrogen) atoms. The van der Waals surface area contributed by atoms with Crippen LogP contribution in [-0.4, -0.2) is 92.0 Å². The van der Waals surface area contributed by atoms with Crippen molar-refractivity contribution in [2.24, 2.45) is 0 Å². The van der Waals surface area contributed by atoms with Gasteiger partial charge < -0.3 is 16.0 Å². The third kappa shape index (κ3) is 12.1. The first-order valence-corrected chi connectivity index (χ1v) is 11.3. The quantitative estimate of drug-likeness (QED) is 0.0590. The van der Waals surface area contributed by atoms with Crippen molar-refractivity contribution in [3.8, 4) is 0 Å². The summed E-state index contributed by atoms with van der Waals surface area (Å²) in [5.74, 6) is -5.23. The molecule has 0 saturated heterocycles. The average molecular weight is 529 g/mol. The highest BCUT2D eigenvalue weighted by Gasteiger charge is 2.20. The van der Waals surface area contributed by atoms with Gasteiger partial charge in [0.05, 0.1) is 5.75 Å². The van der Waals surface area contributed by atoms with Crippen molar-refractivity contribution < 1.29 is 44.4 Å². The fourth-order valence-electron chi connectivity index (χ4n) is 2.19. The molecule has 1 aromatic rings. The number of carbonyl (C=O) groups is 6. The summed E-state index contributed by atoms with van der Waals surface area (Å²) in [6, 6.07) is 7.49. The number of thioether (sulfide) groups is 1. The van der Waals surface area contributed by atoms with Crippen molar-refractivity contribution in [3.05, 3.63) is 29.8 Å². The SMILES string of the molecule is CC(=O)N(O)CNC(=O)CC(=O)N(O)CNC(=O)CC(=O)N(O)CNC(=O)CSc1ccc(C)cc1. The molecule has 0 spiro atoms. The van der Waals surface area contributed by atoms with E-state index in [2.05, 4.69) is 10.6 Å². The number of benzene rings is 1. The summed E-state index contributed by atoms with van der Waals surface area (Å²) < 4.78 is 0. The number of amides is 6. The van der Waals surface area contributed by atoms with Gasteiger partial charge in [-0.05, 0) is 19.1 Å². The first-order chi connectivity index (χ1) is 16.9. The van der Waals surface area contributed by atoms with Crippen LogP contribution < -0.4 is 16.0 Å². The van der Waals surface area contributed by atoms with Gasteiger partial charge in [-0.1, -0.05) is 17.7 Å². The molecule has 0 aliphatic rings. The Kier molecular flexibility index (Phi) is 12.9. The van der Waals surface area contributed by atoms with Crippen LogP contribution >= 0.6 is 11.8 Å². The molecule has 0 aromatic heterocycles. The zero-order valence-electron chi connectivity index (χ0n) is 19.6. The Morgan fingerprint density at radius 3 is 1.58 bits per heavy atom. The summed E-state index contributed by atoms with van der Waals surface area (Å²) in [5.41, 5.74) is 1.07. The van der Waals surface area contributed by atoms with Gasteiger partial charge in [0.1, 0.15) is 32.8 Å². The largest absolute Gasteiger partial charge is 0.336 e. The van der Waals surface area contributed by atoms with Crippen LogP contribution in [0, 0.1) is 6.92 Å². The second-order valence-electron chi connectivity index (χ2n) is 7.23. The third-order valence-corrected chi connectivity index (χ3v) is 5.24. The smallest absolute Gasteiger partial charge is 0.257 e. The van der Waals surface area contributed by atoms with Gasteiger partial charge in [0.2, 0.25) is 23.6 Å². The van der Waals surface area contributed by atoms with E-state index in [0.717, 1.165) is 17.4 Å². The van der Waals surface area contributed by atoms with Gasteiger partial charge in [-0.3, -0.25) is 44.4 Å². The number of hydrogen-bond donors (Lipinski definition) is 6. The average Bonchev–Trinajstić information content (AvgIpc) is 2.83. The summed E-state index contributed by atoms with van der Waals surface area (Å²) in [7, 11) is 0. The first-order valence-electron chi connectivity index (χ1n) is 10.3. The lowest BCUT2D eigenvalue weighted by atomic mass is 10.2. The molecule has 1 rings (SSSR count). The van der Waals surface area contributed by atoms with E-state index in [1.165, 1.54) is 11.8 Å². The number of nitrogens with one attached hydrogen (secondary N) is 3. The van der Waals surface area contributed by atoms with Gasteiger partial charge >= 0.3 is 0 Å². The Balaban J connectivity index is 2.28. The number of nitrogens with zero attached hydrogens (tertiary/aromatic N) is 3. The number of carbonyl (C=O) groups excluding carboxylic acids is 6. The van der Waals surface area contributed by atoms with Crippen molar-refractivity contribution in [3.63, 3.8) is 0 Å². The minimum absolute atomic E-state index is 0.00625. The molecule has 0 radical (unpaired) electrons. The van der Waals surface area contributed by atoms with E-state index < -0.39 is 68.3 Å². The molecule has 0 fully saturated rings. The van der Waals surface area contributed by atoms with Crippen molar-refractivity contribution >= 4 is 47.2 Å². The molecule has 1 aromatic carbocycles. The van der Waals surface area contributed by atoms with E-state index in [4.69, 9.17) is 5.21 Å². The van der Waals surface area contributed by atoms with E-state index in [9.17, 15) is 39.2 Å². The van der Waals surface area contributed by atoms with Crippen LogP contribution in [0.2, 0.25) is 0 Å². The van der Waals surface area contributed by atoms with Gasteiger partial charge in [0.15, 0.2) is 0 Å². The topological polar surface area (TPSA) is 209 Å². The Morgan fingerprint density at radius 2 is 1.14 bits per heavy atom. The number of hydroxylamine groups is 6. The van der Waals surface area contributed by atoms with Gasteiger partial charge in [0, 0.05) is 11.8 Å². The molecule has 0 unspecified atom stereocenters. The summed E-state index contributed by atoms with van der Waals surface area (Å²) in [6.45, 7) is 1.07. The van der Waals surface area contributed by atoms with Gasteiger partial charge in [-0.25, -0.2) is 15.2 Å². The van der Waals surface area contributed by atoms with E-state index in [1.54, 1.807) is 0 Å². The maximum Gasteiger partial charge on any atom is 0.257 e. The molecule has 6 amide bonds. The third-order valence-electron chi connectivity index (χ3n) is 4.23. The number of hydrogen-bond acceptors (Lipinski definition) is 10. The van der Waals surface area contributed by atoms with Crippen LogP contribution in [0.5, 0.6) is 0 Å². The standard InChI is InChI=1S/C20H28N6O9S/c1-13-3-5-15(6-4-13)36-9-18(30)23-12-26(35)20(32)8-17(29)22-11-25(34)19(31)7-16(28)21-10-24(33)14(2)27/h3-6,33-35H,7-12H2,1-2H3,(H,21,28)(H,22,29)(H,23,30). The lowest BCUT2D eigenvalue weighted by Crippen LogP contribution is -2.44. The van der Waals surface area contributed by atoms with Crippen molar-refractivity contribution in [1.82, 2.24) is 31.1 Å². The molecule has 15 nitrogen and oxygen atoms in total. The first kappa shape index (κ1) is 30.3. The molecule has 0 aliphatic carbocycles. The molecular formula is C20H28N6O9S. The molecule has 6 N–H and O–H groups in total. The summed E-state index contributed by atoms with van der Waals surface area (Å²) in [6.07, 6.45) is -1.71. The van der Waals surface area contributed by atoms with E-state index in [1.807, 2.05) is 36.5 Å². The minimum atomic E-state index is -1.12. The number of rotatable bonds is 13. The summed E-state index contributed by atoms with van der Waals surface area (Å²) >= 11 is 1.26. The molecule has 0 bridgehead atoms. The van der Waals surface area contributed by atoms with Crippen LogP contribution in [0.1, 0.15) is 25.3 Å². The van der Waals surface area contributed by atoms with Crippen LogP contribution in [0.3, 0.4) is 0 Å².